The summed E-state index contributed by atoms with van der Waals surface area (Å²) in [4.78, 5) is 11.3. The minimum absolute atomic E-state index is 0.368. The van der Waals surface area contributed by atoms with Crippen molar-refractivity contribution >= 4 is 33.2 Å². The second-order valence-corrected chi connectivity index (χ2v) is 13.3. The van der Waals surface area contributed by atoms with Crippen LogP contribution in [0, 0.1) is 27.7 Å². The molecule has 0 bridgehead atoms. The number of fused-ring (bicyclic) bond motifs is 6. The van der Waals surface area contributed by atoms with E-state index in [1.165, 1.54) is 94.6 Å². The molecule has 9 rings (SSSR count). The van der Waals surface area contributed by atoms with Crippen LogP contribution in [0.3, 0.4) is 0 Å². The maximum atomic E-state index is 4.46. The smallest absolute Gasteiger partial charge is 0.0571 e. The summed E-state index contributed by atoms with van der Waals surface area (Å²) in [6, 6.07) is 31.4. The molecule has 0 N–H and O–H groups in total. The quantitative estimate of drug-likeness (QED) is 0.196. The first kappa shape index (κ1) is 28.5. The Morgan fingerprint density at radius 3 is 2.02 bits per heavy atom. The first-order chi connectivity index (χ1) is 23.5. The molecule has 0 saturated carbocycles. The van der Waals surface area contributed by atoms with Gasteiger partial charge in [0.1, 0.15) is 0 Å². The number of benzene rings is 4. The molecule has 1 aliphatic carbocycles. The van der Waals surface area contributed by atoms with Gasteiger partial charge in [0.15, 0.2) is 0 Å². The molecular formula is C44H36N4. The molecule has 1 aliphatic heterocycles. The Labute approximate surface area is 281 Å². The van der Waals surface area contributed by atoms with Crippen LogP contribution in [0.5, 0.6) is 0 Å². The summed E-state index contributed by atoms with van der Waals surface area (Å²) in [5.74, 6) is 0.368. The number of hydrogen-bond acceptors (Lipinski definition) is 3. The van der Waals surface area contributed by atoms with Crippen LogP contribution in [-0.4, -0.2) is 14.5 Å². The van der Waals surface area contributed by atoms with Gasteiger partial charge in [-0.3, -0.25) is 9.97 Å². The van der Waals surface area contributed by atoms with E-state index in [0.717, 1.165) is 6.42 Å². The number of allylic oxidation sites excluding steroid dienone is 4. The summed E-state index contributed by atoms with van der Waals surface area (Å²) >= 11 is 0. The van der Waals surface area contributed by atoms with E-state index in [1.54, 1.807) is 0 Å². The number of hydrogen-bond donors (Lipinski definition) is 0. The lowest BCUT2D eigenvalue weighted by molar-refractivity contribution is 0.816. The average molecular weight is 621 g/mol. The van der Waals surface area contributed by atoms with Crippen molar-refractivity contribution in [1.29, 1.82) is 0 Å². The van der Waals surface area contributed by atoms with Gasteiger partial charge in [-0.1, -0.05) is 54.6 Å². The van der Waals surface area contributed by atoms with Crippen LogP contribution in [0.4, 0.5) is 11.4 Å². The highest BCUT2D eigenvalue weighted by Gasteiger charge is 2.35. The molecule has 4 aromatic carbocycles. The number of anilines is 2. The summed E-state index contributed by atoms with van der Waals surface area (Å²) < 4.78 is 2.36. The summed E-state index contributed by atoms with van der Waals surface area (Å²) in [6.07, 6.45) is 15.5. The van der Waals surface area contributed by atoms with Crippen LogP contribution in [0.1, 0.15) is 40.2 Å². The van der Waals surface area contributed by atoms with Crippen molar-refractivity contribution in [3.05, 3.63) is 161 Å². The first-order valence-electron chi connectivity index (χ1n) is 16.8. The van der Waals surface area contributed by atoms with E-state index in [4.69, 9.17) is 0 Å². The van der Waals surface area contributed by atoms with Crippen molar-refractivity contribution in [2.75, 3.05) is 4.90 Å². The highest BCUT2D eigenvalue weighted by atomic mass is 15.2. The van der Waals surface area contributed by atoms with E-state index in [9.17, 15) is 0 Å². The molecule has 0 saturated heterocycles. The molecule has 2 aliphatic rings. The van der Waals surface area contributed by atoms with Gasteiger partial charge in [0.05, 0.1) is 16.7 Å². The fourth-order valence-corrected chi connectivity index (χ4v) is 8.10. The predicted molar refractivity (Wildman–Crippen MR) is 199 cm³/mol. The molecule has 3 aromatic heterocycles. The molecule has 232 valence electrons. The Morgan fingerprint density at radius 2 is 1.25 bits per heavy atom. The summed E-state index contributed by atoms with van der Waals surface area (Å²) in [6.45, 7) is 8.96. The van der Waals surface area contributed by atoms with E-state index < -0.39 is 0 Å². The third-order valence-corrected chi connectivity index (χ3v) is 10.4. The van der Waals surface area contributed by atoms with Gasteiger partial charge >= 0.3 is 0 Å². The van der Waals surface area contributed by atoms with Crippen molar-refractivity contribution in [3.8, 4) is 27.9 Å². The molecule has 48 heavy (non-hydrogen) atoms. The standard InChI is InChI=1S/C44H36N4/c1-27-21-31(47-41-11-7-5-9-35(41)39-25-45-19-17-43(39)47)13-15-33(27)37-23-30(4)38(24-29(37)3)34-16-14-32(22-28(34)2)48-42-12-8-6-10-36(42)40-26-46-20-18-44(40)48/h5-9,11-26,36H,10H2,1-4H3. The molecule has 1 unspecified atom stereocenters. The number of nitrogens with zero attached hydrogens (tertiary/aromatic N) is 4. The van der Waals surface area contributed by atoms with Gasteiger partial charge < -0.3 is 9.47 Å². The monoisotopic (exact) mass is 620 g/mol. The number of para-hydroxylation sites is 1. The Balaban J connectivity index is 1.07. The maximum absolute atomic E-state index is 4.46. The second kappa shape index (κ2) is 10.9. The van der Waals surface area contributed by atoms with Crippen LogP contribution in [0.15, 0.2) is 134 Å². The molecule has 0 radical (unpaired) electrons. The highest BCUT2D eigenvalue weighted by molar-refractivity contribution is 6.08. The zero-order valence-corrected chi connectivity index (χ0v) is 27.7. The van der Waals surface area contributed by atoms with Gasteiger partial charge in [-0.2, -0.15) is 0 Å². The SMILES string of the molecule is Cc1cc(N2C3=CC=CCC3c3cnccc32)ccc1-c1cc(C)c(-c2ccc(-n3c4ccccc4c4cnccc43)cc2C)cc1C. The lowest BCUT2D eigenvalue weighted by atomic mass is 9.88. The minimum atomic E-state index is 0.368. The predicted octanol–water partition coefficient (Wildman–Crippen LogP) is 11.2. The van der Waals surface area contributed by atoms with Gasteiger partial charge in [0, 0.05) is 64.1 Å². The Kier molecular flexibility index (Phi) is 6.48. The lowest BCUT2D eigenvalue weighted by Gasteiger charge is -2.25. The maximum Gasteiger partial charge on any atom is 0.0571 e. The normalized spacial score (nSPS) is 15.2. The molecule has 4 nitrogen and oxygen atoms in total. The van der Waals surface area contributed by atoms with Crippen LogP contribution in [-0.2, 0) is 0 Å². The third kappa shape index (κ3) is 4.29. The fourth-order valence-electron chi connectivity index (χ4n) is 8.10. The average Bonchev–Trinajstić information content (AvgIpc) is 3.63. The molecule has 4 heterocycles. The van der Waals surface area contributed by atoms with Crippen molar-refractivity contribution < 1.29 is 0 Å². The van der Waals surface area contributed by atoms with Crippen LogP contribution in [0.2, 0.25) is 0 Å². The van der Waals surface area contributed by atoms with Crippen molar-refractivity contribution in [1.82, 2.24) is 14.5 Å². The van der Waals surface area contributed by atoms with Gasteiger partial charge in [-0.25, -0.2) is 0 Å². The number of aryl methyl sites for hydroxylation is 4. The van der Waals surface area contributed by atoms with E-state index >= 15 is 0 Å². The van der Waals surface area contributed by atoms with Crippen LogP contribution in [0.25, 0.3) is 49.7 Å². The molecule has 7 aromatic rings. The summed E-state index contributed by atoms with van der Waals surface area (Å²) in [5, 5.41) is 2.40. The molecular weight excluding hydrogens is 585 g/mol. The van der Waals surface area contributed by atoms with Crippen LogP contribution >= 0.6 is 0 Å². The highest BCUT2D eigenvalue weighted by Crippen LogP contribution is 2.50. The van der Waals surface area contributed by atoms with E-state index in [1.807, 2.05) is 24.8 Å². The van der Waals surface area contributed by atoms with Gasteiger partial charge in [-0.05, 0) is 127 Å². The van der Waals surface area contributed by atoms with E-state index in [2.05, 4.69) is 150 Å². The van der Waals surface area contributed by atoms with Crippen LogP contribution < -0.4 is 4.90 Å². The molecule has 0 amide bonds. The summed E-state index contributed by atoms with van der Waals surface area (Å²) in [7, 11) is 0. The molecule has 0 fully saturated rings. The number of pyridine rings is 2. The van der Waals surface area contributed by atoms with E-state index in [-0.39, 0.29) is 0 Å². The lowest BCUT2D eigenvalue weighted by Crippen LogP contribution is -2.14. The Morgan fingerprint density at radius 1 is 0.604 bits per heavy atom. The fraction of sp³-hybridized carbons (Fsp3) is 0.136. The molecule has 1 atom stereocenters. The molecule has 4 heteroatoms. The topological polar surface area (TPSA) is 34.0 Å². The van der Waals surface area contributed by atoms with Gasteiger partial charge in [-0.15, -0.1) is 0 Å². The summed E-state index contributed by atoms with van der Waals surface area (Å²) in [5.41, 5.74) is 18.8. The van der Waals surface area contributed by atoms with Gasteiger partial charge in [0.25, 0.3) is 0 Å². The largest absolute Gasteiger partial charge is 0.313 e. The zero-order valence-electron chi connectivity index (χ0n) is 27.7. The first-order valence-corrected chi connectivity index (χ1v) is 16.8. The zero-order chi connectivity index (χ0) is 32.5. The third-order valence-electron chi connectivity index (χ3n) is 10.4. The second-order valence-electron chi connectivity index (χ2n) is 13.3. The van der Waals surface area contributed by atoms with Gasteiger partial charge in [0.2, 0.25) is 0 Å². The minimum Gasteiger partial charge on any atom is -0.313 e. The number of aromatic nitrogens is 3. The van der Waals surface area contributed by atoms with E-state index in [0.29, 0.717) is 5.92 Å². The Bertz CT molecular complexity index is 2440. The van der Waals surface area contributed by atoms with Crippen molar-refractivity contribution in [2.24, 2.45) is 0 Å². The van der Waals surface area contributed by atoms with Crippen molar-refractivity contribution in [3.63, 3.8) is 0 Å². The van der Waals surface area contributed by atoms with Crippen molar-refractivity contribution in [2.45, 2.75) is 40.0 Å². The molecule has 0 spiro atoms. The number of rotatable bonds is 4. The Hall–Kier alpha value is -5.74.